The number of thioether (sulfide) groups is 1. The quantitative estimate of drug-likeness (QED) is 0.424. The van der Waals surface area contributed by atoms with E-state index in [1.54, 1.807) is 18.2 Å². The zero-order valence-electron chi connectivity index (χ0n) is 15.7. The number of nitrogens with one attached hydrogen (secondary N) is 1. The van der Waals surface area contributed by atoms with E-state index in [4.69, 9.17) is 21.1 Å². The van der Waals surface area contributed by atoms with Crippen molar-refractivity contribution in [1.82, 2.24) is 5.32 Å². The van der Waals surface area contributed by atoms with Crippen LogP contribution in [-0.2, 0) is 4.79 Å². The van der Waals surface area contributed by atoms with Crippen LogP contribution >= 0.6 is 23.4 Å². The van der Waals surface area contributed by atoms with E-state index in [1.807, 2.05) is 6.92 Å². The maximum Gasteiger partial charge on any atom is 0.280 e. The second-order valence-electron chi connectivity index (χ2n) is 5.89. The van der Waals surface area contributed by atoms with Crippen molar-refractivity contribution in [3.05, 3.63) is 61.5 Å². The summed E-state index contributed by atoms with van der Waals surface area (Å²) in [4.78, 5) is 28.0. The summed E-state index contributed by atoms with van der Waals surface area (Å²) in [6, 6.07) is 8.01. The third-order valence-electron chi connectivity index (χ3n) is 4.13. The fraction of sp³-hybridized carbons (Fsp3) is 0.158. The fourth-order valence-electron chi connectivity index (χ4n) is 2.61. The highest BCUT2D eigenvalue weighted by atomic mass is 35.5. The van der Waals surface area contributed by atoms with Crippen molar-refractivity contribution in [2.24, 2.45) is 4.99 Å². The minimum absolute atomic E-state index is 0.209. The molecule has 0 unspecified atom stereocenters. The highest BCUT2D eigenvalue weighted by Gasteiger charge is 2.26. The summed E-state index contributed by atoms with van der Waals surface area (Å²) in [7, 11) is 2.82. The standard InChI is InChI=1S/C19H16ClN3O5S/c1-10-12(20)5-4-6-13(10)21-19-22-18(24)17(29-19)8-11-7-15(27-2)16(28-3)9-14(11)23(25)26/h4-9H,1-3H3,(H,21,22,24)/b17-8-. The van der Waals surface area contributed by atoms with Gasteiger partial charge >= 0.3 is 0 Å². The number of carbonyl (C=O) groups is 1. The van der Waals surface area contributed by atoms with Gasteiger partial charge in [0.25, 0.3) is 11.6 Å². The van der Waals surface area contributed by atoms with Gasteiger partial charge in [0.2, 0.25) is 0 Å². The van der Waals surface area contributed by atoms with Gasteiger partial charge in [0.15, 0.2) is 16.7 Å². The normalized spacial score (nSPS) is 16.2. The Morgan fingerprint density at radius 1 is 1.24 bits per heavy atom. The van der Waals surface area contributed by atoms with E-state index in [1.165, 1.54) is 32.4 Å². The lowest BCUT2D eigenvalue weighted by molar-refractivity contribution is -0.385. The first kappa shape index (κ1) is 20.7. The molecule has 0 aliphatic carbocycles. The van der Waals surface area contributed by atoms with E-state index in [-0.39, 0.29) is 21.9 Å². The van der Waals surface area contributed by atoms with Gasteiger partial charge in [-0.3, -0.25) is 14.9 Å². The summed E-state index contributed by atoms with van der Waals surface area (Å²) >= 11 is 7.18. The number of hydrogen-bond donors (Lipinski definition) is 1. The maximum atomic E-state index is 12.4. The predicted molar refractivity (Wildman–Crippen MR) is 113 cm³/mol. The number of halogens is 1. The molecule has 2 aromatic rings. The molecule has 1 heterocycles. The molecular formula is C19H16ClN3O5S. The SMILES string of the molecule is COc1cc(/C=C2\SC(=Nc3cccc(Cl)c3C)NC2=O)c([N+](=O)[O-])cc1OC. The Kier molecular flexibility index (Phi) is 6.09. The fourth-order valence-corrected chi connectivity index (χ4v) is 3.60. The molecule has 10 heteroatoms. The van der Waals surface area contributed by atoms with Gasteiger partial charge < -0.3 is 14.8 Å². The number of ether oxygens (including phenoxy) is 2. The second-order valence-corrected chi connectivity index (χ2v) is 7.33. The number of aliphatic imine (C=N–C) groups is 1. The number of hydrogen-bond acceptors (Lipinski definition) is 7. The van der Waals surface area contributed by atoms with Crippen LogP contribution < -0.4 is 14.8 Å². The number of methoxy groups -OCH3 is 2. The van der Waals surface area contributed by atoms with Crippen LogP contribution in [0.3, 0.4) is 0 Å². The highest BCUT2D eigenvalue weighted by molar-refractivity contribution is 8.18. The van der Waals surface area contributed by atoms with Gasteiger partial charge in [-0.1, -0.05) is 17.7 Å². The van der Waals surface area contributed by atoms with E-state index in [0.29, 0.717) is 21.6 Å². The topological polar surface area (TPSA) is 103 Å². The number of amidine groups is 1. The maximum absolute atomic E-state index is 12.4. The van der Waals surface area contributed by atoms with E-state index in [2.05, 4.69) is 10.3 Å². The van der Waals surface area contributed by atoms with Gasteiger partial charge in [-0.05, 0) is 48.5 Å². The lowest BCUT2D eigenvalue weighted by Crippen LogP contribution is -2.19. The molecule has 0 radical (unpaired) electrons. The first-order valence-electron chi connectivity index (χ1n) is 8.29. The lowest BCUT2D eigenvalue weighted by atomic mass is 10.1. The zero-order chi connectivity index (χ0) is 21.1. The molecule has 3 rings (SSSR count). The van der Waals surface area contributed by atoms with Gasteiger partial charge in [-0.25, -0.2) is 4.99 Å². The van der Waals surface area contributed by atoms with Crippen molar-refractivity contribution in [1.29, 1.82) is 0 Å². The van der Waals surface area contributed by atoms with E-state index in [9.17, 15) is 14.9 Å². The molecule has 0 spiro atoms. The summed E-state index contributed by atoms with van der Waals surface area (Å²) in [6.45, 7) is 1.83. The number of nitrogens with zero attached hydrogens (tertiary/aromatic N) is 2. The number of amides is 1. The first-order valence-corrected chi connectivity index (χ1v) is 9.48. The Balaban J connectivity index is 1.99. The lowest BCUT2D eigenvalue weighted by Gasteiger charge is -2.08. The van der Waals surface area contributed by atoms with Crippen molar-refractivity contribution < 1.29 is 19.2 Å². The summed E-state index contributed by atoms with van der Waals surface area (Å²) in [6.07, 6.45) is 1.42. The van der Waals surface area contributed by atoms with E-state index < -0.39 is 10.8 Å². The van der Waals surface area contributed by atoms with Crippen LogP contribution in [0.15, 0.2) is 40.2 Å². The van der Waals surface area contributed by atoms with Crippen LogP contribution in [0.1, 0.15) is 11.1 Å². The third kappa shape index (κ3) is 4.36. The number of benzene rings is 2. The van der Waals surface area contributed by atoms with E-state index >= 15 is 0 Å². The monoisotopic (exact) mass is 433 g/mol. The van der Waals surface area contributed by atoms with Crippen LogP contribution in [0.4, 0.5) is 11.4 Å². The summed E-state index contributed by atoms with van der Waals surface area (Å²) < 4.78 is 10.3. The zero-order valence-corrected chi connectivity index (χ0v) is 17.3. The summed E-state index contributed by atoms with van der Waals surface area (Å²) in [5.41, 5.74) is 1.41. The minimum atomic E-state index is -0.545. The molecule has 0 atom stereocenters. The molecule has 2 aromatic carbocycles. The number of nitro groups is 1. The Morgan fingerprint density at radius 3 is 2.59 bits per heavy atom. The summed E-state index contributed by atoms with van der Waals surface area (Å²) in [5.74, 6) is 0.137. The molecule has 0 saturated carbocycles. The molecule has 150 valence electrons. The molecule has 0 aromatic heterocycles. The molecule has 1 fully saturated rings. The smallest absolute Gasteiger partial charge is 0.280 e. The average Bonchev–Trinajstić information content (AvgIpc) is 3.03. The molecule has 1 saturated heterocycles. The van der Waals surface area contributed by atoms with Crippen molar-refractivity contribution in [2.75, 3.05) is 14.2 Å². The molecule has 8 nitrogen and oxygen atoms in total. The molecule has 29 heavy (non-hydrogen) atoms. The number of rotatable bonds is 5. The van der Waals surface area contributed by atoms with Crippen molar-refractivity contribution in [3.63, 3.8) is 0 Å². The minimum Gasteiger partial charge on any atom is -0.493 e. The molecule has 0 bridgehead atoms. The number of nitro benzene ring substituents is 1. The van der Waals surface area contributed by atoms with Crippen molar-refractivity contribution >= 4 is 51.9 Å². The van der Waals surface area contributed by atoms with Crippen molar-refractivity contribution in [3.8, 4) is 11.5 Å². The second kappa shape index (κ2) is 8.54. The van der Waals surface area contributed by atoms with Gasteiger partial charge in [0, 0.05) is 5.02 Å². The predicted octanol–water partition coefficient (Wildman–Crippen LogP) is 4.47. The molecule has 1 aliphatic heterocycles. The van der Waals surface area contributed by atoms with Gasteiger partial charge in [0.05, 0.1) is 41.4 Å². The van der Waals surface area contributed by atoms with Gasteiger partial charge in [-0.2, -0.15) is 0 Å². The Labute approximate surface area is 175 Å². The van der Waals surface area contributed by atoms with Crippen LogP contribution in [0.2, 0.25) is 5.02 Å². The van der Waals surface area contributed by atoms with Crippen LogP contribution in [-0.4, -0.2) is 30.2 Å². The van der Waals surface area contributed by atoms with Gasteiger partial charge in [-0.15, -0.1) is 0 Å². The molecule has 1 amide bonds. The average molecular weight is 434 g/mol. The number of carbonyl (C=O) groups excluding carboxylic acids is 1. The third-order valence-corrected chi connectivity index (χ3v) is 5.45. The first-order chi connectivity index (χ1) is 13.8. The molecular weight excluding hydrogens is 418 g/mol. The Bertz CT molecular complexity index is 1070. The largest absolute Gasteiger partial charge is 0.493 e. The van der Waals surface area contributed by atoms with Crippen molar-refractivity contribution in [2.45, 2.75) is 6.92 Å². The van der Waals surface area contributed by atoms with Crippen LogP contribution in [0.25, 0.3) is 6.08 Å². The Morgan fingerprint density at radius 2 is 1.93 bits per heavy atom. The van der Waals surface area contributed by atoms with Crippen LogP contribution in [0.5, 0.6) is 11.5 Å². The molecule has 1 N–H and O–H groups in total. The van der Waals surface area contributed by atoms with Crippen LogP contribution in [0, 0.1) is 17.0 Å². The molecule has 1 aliphatic rings. The summed E-state index contributed by atoms with van der Waals surface area (Å²) in [5, 5.41) is 15.0. The van der Waals surface area contributed by atoms with Gasteiger partial charge in [0.1, 0.15) is 0 Å². The van der Waals surface area contributed by atoms with E-state index in [0.717, 1.165) is 17.3 Å². The Hall–Kier alpha value is -3.04. The highest BCUT2D eigenvalue weighted by Crippen LogP contribution is 2.37.